The van der Waals surface area contributed by atoms with Crippen molar-refractivity contribution in [2.45, 2.75) is 58.7 Å². The summed E-state index contributed by atoms with van der Waals surface area (Å²) in [5.41, 5.74) is 7.12. The van der Waals surface area contributed by atoms with Gasteiger partial charge in [0, 0.05) is 6.54 Å². The summed E-state index contributed by atoms with van der Waals surface area (Å²) >= 11 is 3.64. The molecule has 10 heteroatoms. The van der Waals surface area contributed by atoms with Crippen molar-refractivity contribution < 1.29 is 14.7 Å². The second kappa shape index (κ2) is 8.82. The van der Waals surface area contributed by atoms with Crippen LogP contribution in [0.25, 0.3) is 11.0 Å². The maximum Gasteiger partial charge on any atom is 0.407 e. The van der Waals surface area contributed by atoms with E-state index in [4.69, 9.17) is 5.73 Å². The van der Waals surface area contributed by atoms with Crippen molar-refractivity contribution in [3.63, 3.8) is 0 Å². The standard InChI is InChI=1S/C25H31BrN6O3/c1-14(15-9-7-6-8-10-15)30-22(33)17-18-20(27)28-13-29-21(18)32(19(17)26)16-11-25(5,24(2,3)4)31(12-16)23(34)35/h6-10,13-14,16H,11-12H2,1-5H3,(H,30,33)(H,34,35)(H2,27,28,29)/t14-,16-,25+/m1/s1. The molecule has 186 valence electrons. The van der Waals surface area contributed by atoms with Gasteiger partial charge in [-0.15, -0.1) is 0 Å². The number of hydrogen-bond acceptors (Lipinski definition) is 5. The molecule has 1 fully saturated rings. The number of rotatable bonds is 4. The van der Waals surface area contributed by atoms with Crippen LogP contribution in [-0.4, -0.2) is 48.6 Å². The van der Waals surface area contributed by atoms with Gasteiger partial charge in [-0.2, -0.15) is 0 Å². The monoisotopic (exact) mass is 542 g/mol. The molecule has 4 N–H and O–H groups in total. The fourth-order valence-electron chi connectivity index (χ4n) is 4.98. The van der Waals surface area contributed by atoms with E-state index in [9.17, 15) is 14.7 Å². The van der Waals surface area contributed by atoms with Gasteiger partial charge < -0.3 is 25.6 Å². The normalized spacial score (nSPS) is 21.3. The average Bonchev–Trinajstić information content (AvgIpc) is 3.29. The van der Waals surface area contributed by atoms with Crippen LogP contribution in [0.2, 0.25) is 0 Å². The highest BCUT2D eigenvalue weighted by Gasteiger charge is 2.52. The maximum absolute atomic E-state index is 13.5. The largest absolute Gasteiger partial charge is 0.465 e. The number of aromatic nitrogens is 3. The van der Waals surface area contributed by atoms with E-state index in [1.165, 1.54) is 11.2 Å². The van der Waals surface area contributed by atoms with Crippen molar-refractivity contribution in [3.8, 4) is 0 Å². The third-order valence-corrected chi connectivity index (χ3v) is 8.24. The number of carbonyl (C=O) groups is 2. The van der Waals surface area contributed by atoms with Gasteiger partial charge in [-0.1, -0.05) is 51.1 Å². The molecule has 0 aliphatic carbocycles. The van der Waals surface area contributed by atoms with Crippen LogP contribution in [0.5, 0.6) is 0 Å². The Balaban J connectivity index is 1.80. The Morgan fingerprint density at radius 3 is 2.49 bits per heavy atom. The van der Waals surface area contributed by atoms with Crippen LogP contribution in [-0.2, 0) is 0 Å². The zero-order chi connectivity index (χ0) is 25.7. The molecule has 9 nitrogen and oxygen atoms in total. The average molecular weight is 543 g/mol. The molecular formula is C25H31BrN6O3. The summed E-state index contributed by atoms with van der Waals surface area (Å²) < 4.78 is 2.40. The highest BCUT2D eigenvalue weighted by molar-refractivity contribution is 9.10. The van der Waals surface area contributed by atoms with Gasteiger partial charge in [0.1, 0.15) is 22.4 Å². The number of carboxylic acid groups (broad SMARTS) is 1. The number of hydrogen-bond donors (Lipinski definition) is 3. The van der Waals surface area contributed by atoms with E-state index in [-0.39, 0.29) is 35.8 Å². The number of anilines is 1. The van der Waals surface area contributed by atoms with Gasteiger partial charge in [-0.25, -0.2) is 14.8 Å². The smallest absolute Gasteiger partial charge is 0.407 e. The van der Waals surface area contributed by atoms with Crippen molar-refractivity contribution in [3.05, 3.63) is 52.4 Å². The molecule has 0 bridgehead atoms. The zero-order valence-corrected chi connectivity index (χ0v) is 22.1. The highest BCUT2D eigenvalue weighted by Crippen LogP contribution is 2.49. The number of fused-ring (bicyclic) bond motifs is 1. The summed E-state index contributed by atoms with van der Waals surface area (Å²) in [5.74, 6) is -0.121. The van der Waals surface area contributed by atoms with Crippen LogP contribution < -0.4 is 11.1 Å². The molecule has 3 atom stereocenters. The minimum atomic E-state index is -0.971. The summed E-state index contributed by atoms with van der Waals surface area (Å²) in [4.78, 5) is 35.8. The Kier molecular flexibility index (Phi) is 6.29. The number of nitrogen functional groups attached to an aromatic ring is 1. The third-order valence-electron chi connectivity index (χ3n) is 7.46. The lowest BCUT2D eigenvalue weighted by atomic mass is 9.73. The lowest BCUT2D eigenvalue weighted by Crippen LogP contribution is -2.52. The molecule has 1 aliphatic heterocycles. The Hall–Kier alpha value is -3.14. The number of carbonyl (C=O) groups excluding carboxylic acids is 1. The zero-order valence-electron chi connectivity index (χ0n) is 20.5. The number of halogens is 1. The van der Waals surface area contributed by atoms with Crippen molar-refractivity contribution in [2.75, 3.05) is 12.3 Å². The molecular weight excluding hydrogens is 512 g/mol. The third kappa shape index (κ3) is 4.13. The summed E-state index contributed by atoms with van der Waals surface area (Å²) in [6.45, 7) is 10.3. The highest BCUT2D eigenvalue weighted by atomic mass is 79.9. The Morgan fingerprint density at radius 2 is 1.91 bits per heavy atom. The van der Waals surface area contributed by atoms with E-state index in [1.807, 2.05) is 69.5 Å². The van der Waals surface area contributed by atoms with Crippen molar-refractivity contribution in [2.24, 2.45) is 5.41 Å². The SMILES string of the molecule is C[C@@H](NC(=O)c1c(Br)n([C@H]2CN(C(=O)O)[C@](C)(C(C)(C)C)C2)c2ncnc(N)c12)c1ccccc1. The first-order chi connectivity index (χ1) is 16.4. The Morgan fingerprint density at radius 1 is 1.26 bits per heavy atom. The van der Waals surface area contributed by atoms with Gasteiger partial charge in [-0.05, 0) is 47.2 Å². The van der Waals surface area contributed by atoms with Gasteiger partial charge in [-0.3, -0.25) is 4.79 Å². The van der Waals surface area contributed by atoms with E-state index in [0.717, 1.165) is 5.56 Å². The summed E-state index contributed by atoms with van der Waals surface area (Å²) in [7, 11) is 0. The van der Waals surface area contributed by atoms with Gasteiger partial charge in [0.2, 0.25) is 0 Å². The number of likely N-dealkylation sites (tertiary alicyclic amines) is 1. The lowest BCUT2D eigenvalue weighted by molar-refractivity contribution is 0.0443. The fourth-order valence-corrected chi connectivity index (χ4v) is 5.82. The van der Waals surface area contributed by atoms with Crippen LogP contribution in [0.15, 0.2) is 41.3 Å². The molecule has 1 aromatic carbocycles. The second-order valence-electron chi connectivity index (χ2n) is 10.4. The topological polar surface area (TPSA) is 126 Å². The molecule has 3 heterocycles. The van der Waals surface area contributed by atoms with E-state index in [2.05, 4.69) is 31.2 Å². The van der Waals surface area contributed by atoms with Crippen LogP contribution in [0.3, 0.4) is 0 Å². The maximum atomic E-state index is 13.5. The van der Waals surface area contributed by atoms with Gasteiger partial charge in [0.25, 0.3) is 5.91 Å². The van der Waals surface area contributed by atoms with E-state index < -0.39 is 11.6 Å². The Bertz CT molecular complexity index is 1290. The molecule has 1 saturated heterocycles. The van der Waals surface area contributed by atoms with Crippen molar-refractivity contribution >= 4 is 44.8 Å². The van der Waals surface area contributed by atoms with Crippen molar-refractivity contribution in [1.82, 2.24) is 24.8 Å². The number of nitrogens with one attached hydrogen (secondary N) is 1. The molecule has 2 amide bonds. The lowest BCUT2D eigenvalue weighted by Gasteiger charge is -2.44. The van der Waals surface area contributed by atoms with Gasteiger partial charge in [0.15, 0.2) is 0 Å². The predicted molar refractivity (Wildman–Crippen MR) is 138 cm³/mol. The molecule has 1 aliphatic rings. The van der Waals surface area contributed by atoms with Crippen LogP contribution in [0.1, 0.15) is 69.0 Å². The van der Waals surface area contributed by atoms with Crippen LogP contribution in [0, 0.1) is 5.41 Å². The molecule has 4 rings (SSSR count). The van der Waals surface area contributed by atoms with Crippen molar-refractivity contribution in [1.29, 1.82) is 0 Å². The van der Waals surface area contributed by atoms with Gasteiger partial charge in [0.05, 0.1) is 28.6 Å². The molecule has 0 spiro atoms. The minimum Gasteiger partial charge on any atom is -0.465 e. The quantitative estimate of drug-likeness (QED) is 0.425. The summed E-state index contributed by atoms with van der Waals surface area (Å²) in [5, 5.41) is 13.5. The molecule has 3 aromatic rings. The summed E-state index contributed by atoms with van der Waals surface area (Å²) in [6.07, 6.45) is 0.944. The molecule has 0 unspecified atom stereocenters. The van der Waals surface area contributed by atoms with E-state index in [0.29, 0.717) is 27.6 Å². The number of nitrogens with two attached hydrogens (primary N) is 1. The first-order valence-corrected chi connectivity index (χ1v) is 12.3. The first kappa shape index (κ1) is 25.0. The van der Waals surface area contributed by atoms with Crippen LogP contribution >= 0.6 is 15.9 Å². The predicted octanol–water partition coefficient (Wildman–Crippen LogP) is 5.00. The van der Waals surface area contributed by atoms with E-state index >= 15 is 0 Å². The van der Waals surface area contributed by atoms with Crippen LogP contribution in [0.4, 0.5) is 10.6 Å². The molecule has 0 radical (unpaired) electrons. The summed E-state index contributed by atoms with van der Waals surface area (Å²) in [6, 6.07) is 9.18. The number of amides is 2. The Labute approximate surface area is 212 Å². The first-order valence-electron chi connectivity index (χ1n) is 11.5. The molecule has 2 aromatic heterocycles. The van der Waals surface area contributed by atoms with E-state index in [1.54, 1.807) is 0 Å². The van der Waals surface area contributed by atoms with Gasteiger partial charge >= 0.3 is 6.09 Å². The molecule has 0 saturated carbocycles. The molecule has 35 heavy (non-hydrogen) atoms. The minimum absolute atomic E-state index is 0.193. The number of nitrogens with zero attached hydrogens (tertiary/aromatic N) is 4. The number of benzene rings is 1. The fraction of sp³-hybridized carbons (Fsp3) is 0.440. The second-order valence-corrected chi connectivity index (χ2v) is 11.1.